The van der Waals surface area contributed by atoms with Crippen LogP contribution in [0, 0.1) is 0 Å². The molecule has 0 radical (unpaired) electrons. The molecule has 2 fully saturated rings. The predicted octanol–water partition coefficient (Wildman–Crippen LogP) is 0.274. The number of likely N-dealkylation sites (N-methyl/N-ethyl adjacent to an activating group) is 2. The Hall–Kier alpha value is -1.42. The van der Waals surface area contributed by atoms with Crippen LogP contribution in [-0.2, 0) is 50.3 Å². The normalized spacial score (nSPS) is 17.9. The second kappa shape index (κ2) is 18.2. The van der Waals surface area contributed by atoms with E-state index in [0.717, 1.165) is 38.8 Å². The molecular formula is C20H44F2N4O10S4+2. The molecule has 40 heavy (non-hydrogen) atoms. The van der Waals surface area contributed by atoms with E-state index in [1.807, 2.05) is 0 Å². The van der Waals surface area contributed by atoms with E-state index < -0.39 is 40.9 Å². The van der Waals surface area contributed by atoms with Gasteiger partial charge in [-0.2, -0.15) is 16.8 Å². The van der Waals surface area contributed by atoms with Crippen LogP contribution in [0.1, 0.15) is 25.7 Å². The quantitative estimate of drug-likeness (QED) is 0.127. The van der Waals surface area contributed by atoms with Crippen molar-refractivity contribution in [1.82, 2.24) is 8.25 Å². The Kier molecular flexibility index (Phi) is 18.5. The highest BCUT2D eigenvalue weighted by Crippen LogP contribution is 2.16. The van der Waals surface area contributed by atoms with Crippen molar-refractivity contribution in [3.05, 3.63) is 25.7 Å². The second-order valence-corrected chi connectivity index (χ2v) is 15.8. The summed E-state index contributed by atoms with van der Waals surface area (Å²) >= 11 is 0. The van der Waals surface area contributed by atoms with E-state index in [0.29, 0.717) is 0 Å². The largest absolute Gasteiger partial charge is 0.496 e. The van der Waals surface area contributed by atoms with Gasteiger partial charge in [0.1, 0.15) is 26.3 Å². The molecule has 14 nitrogen and oxygen atoms in total. The van der Waals surface area contributed by atoms with Gasteiger partial charge in [-0.3, -0.25) is 0 Å². The van der Waals surface area contributed by atoms with Gasteiger partial charge in [0.2, 0.25) is 20.0 Å². The average molecular weight is 667 g/mol. The number of quaternary nitrogens is 2. The highest BCUT2D eigenvalue weighted by atomic mass is 32.3. The van der Waals surface area contributed by atoms with Crippen LogP contribution >= 0.6 is 0 Å². The van der Waals surface area contributed by atoms with Crippen molar-refractivity contribution >= 4 is 40.9 Å². The summed E-state index contributed by atoms with van der Waals surface area (Å²) in [6.45, 7) is 16.2. The van der Waals surface area contributed by atoms with Crippen molar-refractivity contribution in [3.63, 3.8) is 0 Å². The minimum absolute atomic E-state index is 0.0694. The summed E-state index contributed by atoms with van der Waals surface area (Å²) < 4.78 is 114. The zero-order chi connectivity index (χ0) is 31.7. The average Bonchev–Trinajstić information content (AvgIpc) is 3.33. The van der Waals surface area contributed by atoms with Crippen LogP contribution in [0.3, 0.4) is 0 Å². The minimum atomic E-state index is -5.49. The monoisotopic (exact) mass is 666 g/mol. The highest BCUT2D eigenvalue weighted by Gasteiger charge is 2.26. The van der Waals surface area contributed by atoms with Gasteiger partial charge in [0.15, 0.2) is 0 Å². The Morgan fingerprint density at radius 3 is 1.07 bits per heavy atom. The molecule has 0 aromatic rings. The molecule has 2 saturated heterocycles. The van der Waals surface area contributed by atoms with E-state index in [-0.39, 0.29) is 4.13 Å². The number of hydrogen-bond donors (Lipinski definition) is 2. The molecule has 2 N–H and O–H groups in total. The zero-order valence-electron chi connectivity index (χ0n) is 23.4. The Bertz CT molecular complexity index is 1030. The zero-order valence-corrected chi connectivity index (χ0v) is 26.7. The van der Waals surface area contributed by atoms with E-state index in [1.165, 1.54) is 77.5 Å². The van der Waals surface area contributed by atoms with E-state index >= 15 is 0 Å². The molecule has 2 aliphatic heterocycles. The molecular weight excluding hydrogens is 623 g/mol. The first-order valence-electron chi connectivity index (χ1n) is 11.9. The number of halogens is 2. The van der Waals surface area contributed by atoms with Crippen LogP contribution in [0.15, 0.2) is 25.7 Å². The van der Waals surface area contributed by atoms with Gasteiger partial charge in [-0.05, 0) is 0 Å². The Labute approximate surface area is 239 Å². The summed E-state index contributed by atoms with van der Waals surface area (Å²) in [5.74, 6) is 0. The lowest BCUT2D eigenvalue weighted by atomic mass is 10.4. The predicted molar refractivity (Wildman–Crippen MR) is 148 cm³/mol. The van der Waals surface area contributed by atoms with Crippen LogP contribution in [0.4, 0.5) is 7.77 Å². The van der Waals surface area contributed by atoms with Gasteiger partial charge in [0, 0.05) is 25.7 Å². The first-order chi connectivity index (χ1) is 17.9. The number of rotatable bonds is 12. The molecule has 2 aliphatic rings. The minimum Gasteiger partial charge on any atom is -0.496 e. The number of nitrogens with zero attached hydrogens (tertiary/aromatic N) is 2. The fourth-order valence-electron chi connectivity index (χ4n) is 3.75. The van der Waals surface area contributed by atoms with Crippen LogP contribution < -0.4 is 8.25 Å². The van der Waals surface area contributed by atoms with Crippen molar-refractivity contribution in [2.75, 3.05) is 79.1 Å². The topological polar surface area (TPSA) is 179 Å². The molecule has 0 aromatic heterocycles. The molecule has 0 saturated carbocycles. The SMILES string of the molecule is C=COCC[N+]1(C)CCCC1.C=COCC[N+]1(C)CCCC1.CS(=O)(=O)NS(C)(=O)=O.O=S(=O)(F)NS(=O)(=O)F. The molecule has 0 amide bonds. The number of hydrogen-bond acceptors (Lipinski definition) is 10. The summed E-state index contributed by atoms with van der Waals surface area (Å²) in [4.78, 5) is 0. The van der Waals surface area contributed by atoms with E-state index in [2.05, 4.69) is 27.3 Å². The maximum absolute atomic E-state index is 11.1. The van der Waals surface area contributed by atoms with Gasteiger partial charge >= 0.3 is 20.8 Å². The first-order valence-corrected chi connectivity index (χ1v) is 18.5. The van der Waals surface area contributed by atoms with E-state index in [9.17, 15) is 41.4 Å². The van der Waals surface area contributed by atoms with Crippen molar-refractivity contribution in [2.24, 2.45) is 0 Å². The summed E-state index contributed by atoms with van der Waals surface area (Å²) in [5.41, 5.74) is 0. The summed E-state index contributed by atoms with van der Waals surface area (Å²) in [5, 5.41) is 0. The highest BCUT2D eigenvalue weighted by molar-refractivity contribution is 8.04. The molecule has 0 aliphatic carbocycles. The summed E-state index contributed by atoms with van der Waals surface area (Å²) in [6.07, 6.45) is 10.1. The van der Waals surface area contributed by atoms with Gasteiger partial charge in [-0.25, -0.2) is 16.8 Å². The van der Waals surface area contributed by atoms with Crippen molar-refractivity contribution in [3.8, 4) is 0 Å². The Balaban J connectivity index is 0. The maximum Gasteiger partial charge on any atom is 0.387 e. The van der Waals surface area contributed by atoms with Gasteiger partial charge in [-0.15, -0.1) is 4.13 Å². The number of sulfonamides is 2. The lowest BCUT2D eigenvalue weighted by Crippen LogP contribution is -2.43. The number of ether oxygens (including phenoxy) is 2. The standard InChI is InChI=1S/2C9H18NO.C2H7NO4S2.F2HNO4S2/c2*1-3-11-9-8-10(2)6-4-5-7-10;2*1-8(4,5)3-9(2,6)7/h2*3H,1,4-9H2,2H3;3H,1-2H3;3H/q2*+1;;. The van der Waals surface area contributed by atoms with Gasteiger partial charge in [-0.1, -0.05) is 25.1 Å². The Morgan fingerprint density at radius 1 is 0.650 bits per heavy atom. The Morgan fingerprint density at radius 2 is 0.925 bits per heavy atom. The molecule has 0 atom stereocenters. The fraction of sp³-hybridized carbons (Fsp3) is 0.800. The van der Waals surface area contributed by atoms with Gasteiger partial charge in [0.05, 0.1) is 65.3 Å². The molecule has 20 heteroatoms. The molecule has 0 aromatic carbocycles. The van der Waals surface area contributed by atoms with Gasteiger partial charge in [0.25, 0.3) is 0 Å². The summed E-state index contributed by atoms with van der Waals surface area (Å²) in [7, 11) is -13.6. The van der Waals surface area contributed by atoms with Crippen LogP contribution in [0.25, 0.3) is 0 Å². The lowest BCUT2D eigenvalue weighted by molar-refractivity contribution is -0.897. The lowest BCUT2D eigenvalue weighted by Gasteiger charge is -2.28. The third-order valence-corrected chi connectivity index (χ3v) is 9.54. The third-order valence-electron chi connectivity index (χ3n) is 5.53. The van der Waals surface area contributed by atoms with E-state index in [4.69, 9.17) is 9.47 Å². The smallest absolute Gasteiger partial charge is 0.387 e. The second-order valence-electron chi connectivity index (χ2n) is 9.66. The van der Waals surface area contributed by atoms with Gasteiger partial charge < -0.3 is 18.4 Å². The van der Waals surface area contributed by atoms with Crippen molar-refractivity contribution in [1.29, 1.82) is 0 Å². The maximum atomic E-state index is 11.1. The first kappa shape index (κ1) is 40.7. The van der Waals surface area contributed by atoms with Crippen LogP contribution in [0.5, 0.6) is 0 Å². The molecule has 240 valence electrons. The molecule has 0 spiro atoms. The molecule has 2 rings (SSSR count). The third kappa shape index (κ3) is 28.1. The van der Waals surface area contributed by atoms with Crippen LogP contribution in [0.2, 0.25) is 0 Å². The molecule has 0 bridgehead atoms. The number of likely N-dealkylation sites (tertiary alicyclic amines) is 2. The molecule has 2 heterocycles. The van der Waals surface area contributed by atoms with Crippen LogP contribution in [-0.4, -0.2) is 122 Å². The van der Waals surface area contributed by atoms with Crippen molar-refractivity contribution in [2.45, 2.75) is 25.7 Å². The summed E-state index contributed by atoms with van der Waals surface area (Å²) in [6, 6.07) is 0. The fourth-order valence-corrected chi connectivity index (χ4v) is 6.90. The number of nitrogens with one attached hydrogen (secondary N) is 2. The molecule has 0 unspecified atom stereocenters. The van der Waals surface area contributed by atoms with E-state index in [1.54, 1.807) is 0 Å². The van der Waals surface area contributed by atoms with Crippen molar-refractivity contribution < 1.29 is 59.9 Å².